The van der Waals surface area contributed by atoms with E-state index in [-0.39, 0.29) is 23.4 Å². The van der Waals surface area contributed by atoms with Crippen LogP contribution in [0, 0.1) is 16.7 Å². The third-order valence-electron chi connectivity index (χ3n) is 6.53. The summed E-state index contributed by atoms with van der Waals surface area (Å²) in [5.41, 5.74) is 3.48. The summed E-state index contributed by atoms with van der Waals surface area (Å²) in [5.74, 6) is 0.0968. The highest BCUT2D eigenvalue weighted by molar-refractivity contribution is 5.32. The predicted octanol–water partition coefficient (Wildman–Crippen LogP) is 3.59. The van der Waals surface area contributed by atoms with Crippen molar-refractivity contribution in [1.29, 1.82) is 0 Å². The molecule has 2 rings (SSSR count). The molecule has 3 nitrogen and oxygen atoms in total. The van der Waals surface area contributed by atoms with Crippen molar-refractivity contribution in [3.05, 3.63) is 22.8 Å². The van der Waals surface area contributed by atoms with Crippen LogP contribution in [0.15, 0.2) is 22.8 Å². The average Bonchev–Trinajstić information content (AvgIpc) is 2.44. The van der Waals surface area contributed by atoms with Gasteiger partial charge in [0, 0.05) is 5.92 Å². The van der Waals surface area contributed by atoms with Crippen molar-refractivity contribution < 1.29 is 15.3 Å². The van der Waals surface area contributed by atoms with Crippen molar-refractivity contribution in [2.45, 2.75) is 78.9 Å². The van der Waals surface area contributed by atoms with Crippen LogP contribution in [0.4, 0.5) is 0 Å². The number of aliphatic hydroxyl groups excluding tert-OH is 3. The molecule has 0 aromatic heterocycles. The zero-order valence-electron chi connectivity index (χ0n) is 15.4. The molecule has 4 atom stereocenters. The van der Waals surface area contributed by atoms with Gasteiger partial charge in [0.1, 0.15) is 6.10 Å². The molecule has 1 saturated carbocycles. The number of allylic oxidation sites excluding steroid dienone is 2. The molecule has 0 unspecified atom stereocenters. The zero-order valence-corrected chi connectivity index (χ0v) is 15.4. The summed E-state index contributed by atoms with van der Waals surface area (Å²) in [6, 6.07) is 0. The van der Waals surface area contributed by atoms with Gasteiger partial charge in [0.25, 0.3) is 0 Å². The lowest BCUT2D eigenvalue weighted by molar-refractivity contribution is -0.116. The van der Waals surface area contributed by atoms with E-state index in [1.807, 2.05) is 19.9 Å². The quantitative estimate of drug-likeness (QED) is 0.693. The van der Waals surface area contributed by atoms with E-state index in [0.717, 1.165) is 31.3 Å². The van der Waals surface area contributed by atoms with E-state index in [9.17, 15) is 10.2 Å². The Kier molecular flexibility index (Phi) is 5.44. The van der Waals surface area contributed by atoms with Crippen LogP contribution in [0.1, 0.15) is 66.7 Å². The smallest absolute Gasteiger partial charge is 0.101 e. The first-order chi connectivity index (χ1) is 10.6. The first kappa shape index (κ1) is 18.7. The SMILES string of the molecule is CC1=C(CC/C(C)=C/CO)[C@@]2(C)CCCC(C)(C)[C@@H]2[C@H](O)[C@H]1O. The normalized spacial score (nSPS) is 37.7. The molecule has 0 radical (unpaired) electrons. The second-order valence-corrected chi connectivity index (χ2v) is 8.57. The maximum absolute atomic E-state index is 10.8. The van der Waals surface area contributed by atoms with Crippen LogP contribution in [0.5, 0.6) is 0 Å². The highest BCUT2D eigenvalue weighted by atomic mass is 16.3. The number of hydrogen-bond donors (Lipinski definition) is 3. The maximum Gasteiger partial charge on any atom is 0.101 e. The molecule has 0 aromatic carbocycles. The second-order valence-electron chi connectivity index (χ2n) is 8.57. The molecular weight excluding hydrogens is 288 g/mol. The van der Waals surface area contributed by atoms with Crippen LogP contribution < -0.4 is 0 Å². The van der Waals surface area contributed by atoms with Crippen LogP contribution in [-0.4, -0.2) is 34.1 Å². The molecule has 0 saturated heterocycles. The van der Waals surface area contributed by atoms with Gasteiger partial charge in [0.2, 0.25) is 0 Å². The molecule has 0 aliphatic heterocycles. The van der Waals surface area contributed by atoms with Gasteiger partial charge >= 0.3 is 0 Å². The summed E-state index contributed by atoms with van der Waals surface area (Å²) in [5, 5.41) is 30.5. The standard InChI is InChI=1S/C20H34O3/c1-13(9-12-21)7-8-15-14(2)16(22)17(23)18-19(3,4)10-6-11-20(15,18)5/h9,16-18,21-23H,6-8,10-12H2,1-5H3/b13-9+/t16-,17+,18-,20+/m0/s1. The fourth-order valence-electron chi connectivity index (χ4n) is 5.39. The number of rotatable bonds is 4. The van der Waals surface area contributed by atoms with Crippen molar-refractivity contribution in [3.8, 4) is 0 Å². The van der Waals surface area contributed by atoms with Gasteiger partial charge in [-0.3, -0.25) is 0 Å². The average molecular weight is 322 g/mol. The number of aliphatic hydroxyl groups is 3. The Morgan fingerprint density at radius 1 is 1.22 bits per heavy atom. The molecule has 0 spiro atoms. The van der Waals surface area contributed by atoms with Crippen LogP contribution in [0.25, 0.3) is 0 Å². The van der Waals surface area contributed by atoms with Crippen LogP contribution in [0.2, 0.25) is 0 Å². The van der Waals surface area contributed by atoms with Crippen LogP contribution in [0.3, 0.4) is 0 Å². The first-order valence-electron chi connectivity index (χ1n) is 8.98. The number of hydrogen-bond acceptors (Lipinski definition) is 3. The molecule has 23 heavy (non-hydrogen) atoms. The molecule has 1 fully saturated rings. The van der Waals surface area contributed by atoms with E-state index in [1.54, 1.807) is 0 Å². The topological polar surface area (TPSA) is 60.7 Å². The van der Waals surface area contributed by atoms with Crippen molar-refractivity contribution in [3.63, 3.8) is 0 Å². The highest BCUT2D eigenvalue weighted by Gasteiger charge is 2.56. The molecule has 0 bridgehead atoms. The largest absolute Gasteiger partial charge is 0.392 e. The van der Waals surface area contributed by atoms with Gasteiger partial charge in [-0.25, -0.2) is 0 Å². The first-order valence-corrected chi connectivity index (χ1v) is 8.98. The van der Waals surface area contributed by atoms with Gasteiger partial charge in [-0.1, -0.05) is 44.4 Å². The molecule has 132 valence electrons. The minimum absolute atomic E-state index is 0.0370. The summed E-state index contributed by atoms with van der Waals surface area (Å²) in [6.07, 6.45) is 5.60. The van der Waals surface area contributed by atoms with Gasteiger partial charge in [-0.2, -0.15) is 0 Å². The van der Waals surface area contributed by atoms with Crippen molar-refractivity contribution in [2.75, 3.05) is 6.61 Å². The minimum atomic E-state index is -0.748. The van der Waals surface area contributed by atoms with Crippen molar-refractivity contribution in [2.24, 2.45) is 16.7 Å². The Morgan fingerprint density at radius 2 is 1.87 bits per heavy atom. The van der Waals surface area contributed by atoms with Crippen molar-refractivity contribution >= 4 is 0 Å². The van der Waals surface area contributed by atoms with Gasteiger partial charge in [-0.15, -0.1) is 0 Å². The third kappa shape index (κ3) is 3.29. The summed E-state index contributed by atoms with van der Waals surface area (Å²) in [7, 11) is 0. The summed E-state index contributed by atoms with van der Waals surface area (Å²) >= 11 is 0. The van der Waals surface area contributed by atoms with Gasteiger partial charge < -0.3 is 15.3 Å². The van der Waals surface area contributed by atoms with Crippen molar-refractivity contribution in [1.82, 2.24) is 0 Å². The van der Waals surface area contributed by atoms with E-state index >= 15 is 0 Å². The Labute approximate surface area is 141 Å². The van der Waals surface area contributed by atoms with E-state index in [4.69, 9.17) is 5.11 Å². The summed E-state index contributed by atoms with van der Waals surface area (Å²) in [6.45, 7) is 10.9. The van der Waals surface area contributed by atoms with Gasteiger partial charge in [-0.05, 0) is 55.9 Å². The number of fused-ring (bicyclic) bond motifs is 1. The van der Waals surface area contributed by atoms with Gasteiger partial charge in [0.05, 0.1) is 12.7 Å². The monoisotopic (exact) mass is 322 g/mol. The van der Waals surface area contributed by atoms with E-state index in [0.29, 0.717) is 0 Å². The van der Waals surface area contributed by atoms with Gasteiger partial charge in [0.15, 0.2) is 0 Å². The van der Waals surface area contributed by atoms with E-state index < -0.39 is 12.2 Å². The molecule has 0 amide bonds. The fourth-order valence-corrected chi connectivity index (χ4v) is 5.39. The predicted molar refractivity (Wildman–Crippen MR) is 94.0 cm³/mol. The Balaban J connectivity index is 2.39. The molecular formula is C20H34O3. The lowest BCUT2D eigenvalue weighted by atomic mass is 9.48. The summed E-state index contributed by atoms with van der Waals surface area (Å²) < 4.78 is 0. The third-order valence-corrected chi connectivity index (χ3v) is 6.53. The fraction of sp³-hybridized carbons (Fsp3) is 0.800. The molecule has 3 N–H and O–H groups in total. The van der Waals surface area contributed by atoms with E-state index in [1.165, 1.54) is 17.6 Å². The highest BCUT2D eigenvalue weighted by Crippen LogP contribution is 2.60. The lowest BCUT2D eigenvalue weighted by Gasteiger charge is -2.58. The molecule has 0 aromatic rings. The van der Waals surface area contributed by atoms with Crippen LogP contribution in [-0.2, 0) is 0 Å². The van der Waals surface area contributed by atoms with E-state index in [2.05, 4.69) is 20.8 Å². The zero-order chi connectivity index (χ0) is 17.4. The summed E-state index contributed by atoms with van der Waals surface area (Å²) in [4.78, 5) is 0. The molecule has 2 aliphatic carbocycles. The Hall–Kier alpha value is -0.640. The molecule has 2 aliphatic rings. The lowest BCUT2D eigenvalue weighted by Crippen LogP contribution is -2.56. The minimum Gasteiger partial charge on any atom is -0.392 e. The Bertz CT molecular complexity index is 503. The van der Waals surface area contributed by atoms with Crippen LogP contribution >= 0.6 is 0 Å². The molecule has 0 heterocycles. The maximum atomic E-state index is 10.8. The molecule has 3 heteroatoms. The second kappa shape index (κ2) is 6.70. The Morgan fingerprint density at radius 3 is 2.48 bits per heavy atom.